The van der Waals surface area contributed by atoms with Gasteiger partial charge >= 0.3 is 5.97 Å². The lowest BCUT2D eigenvalue weighted by molar-refractivity contribution is -0.156. The van der Waals surface area contributed by atoms with E-state index in [1.807, 2.05) is 36.4 Å². The Hall–Kier alpha value is -2.90. The minimum absolute atomic E-state index is 0.0339. The molecule has 7 nitrogen and oxygen atoms in total. The highest BCUT2D eigenvalue weighted by Gasteiger charge is 2.58. The Kier molecular flexibility index (Phi) is 8.43. The molecular formula is C32H44N2O5. The number of carboxylic acid groups (broad SMARTS) is 1. The van der Waals surface area contributed by atoms with E-state index in [4.69, 9.17) is 9.47 Å². The Morgan fingerprint density at radius 2 is 1.77 bits per heavy atom. The quantitative estimate of drug-likeness (QED) is 0.497. The van der Waals surface area contributed by atoms with Gasteiger partial charge in [0.05, 0.1) is 13.2 Å². The van der Waals surface area contributed by atoms with Crippen molar-refractivity contribution in [2.75, 3.05) is 13.7 Å². The molecule has 2 N–H and O–H groups in total. The molecule has 1 amide bonds. The number of aliphatic carboxylic acids is 1. The first kappa shape index (κ1) is 29.1. The summed E-state index contributed by atoms with van der Waals surface area (Å²) in [6.45, 7) is 13.7. The van der Waals surface area contributed by atoms with E-state index < -0.39 is 29.6 Å². The molecular weight excluding hydrogens is 492 g/mol. The van der Waals surface area contributed by atoms with Crippen LogP contribution < -0.4 is 10.1 Å². The number of nitrogens with zero attached hydrogens (tertiary/aromatic N) is 1. The zero-order valence-corrected chi connectivity index (χ0v) is 24.4. The predicted octanol–water partition coefficient (Wildman–Crippen LogP) is 5.33. The molecule has 4 rings (SSSR count). The average molecular weight is 537 g/mol. The first-order chi connectivity index (χ1) is 18.3. The van der Waals surface area contributed by atoms with E-state index in [1.165, 1.54) is 5.56 Å². The number of carbonyl (C=O) groups excluding carboxylic acids is 1. The minimum Gasteiger partial charge on any atom is -0.496 e. The van der Waals surface area contributed by atoms with Crippen molar-refractivity contribution in [2.24, 2.45) is 11.3 Å². The molecule has 0 radical (unpaired) electrons. The van der Waals surface area contributed by atoms with Crippen LogP contribution in [0.2, 0.25) is 0 Å². The van der Waals surface area contributed by atoms with E-state index >= 15 is 0 Å². The topological polar surface area (TPSA) is 88.1 Å². The molecule has 212 valence electrons. The van der Waals surface area contributed by atoms with Crippen LogP contribution in [0.5, 0.6) is 5.75 Å². The van der Waals surface area contributed by atoms with Gasteiger partial charge in [-0.05, 0) is 40.9 Å². The molecule has 2 aliphatic heterocycles. The van der Waals surface area contributed by atoms with Crippen LogP contribution in [0.1, 0.15) is 77.1 Å². The molecule has 2 aromatic carbocycles. The van der Waals surface area contributed by atoms with Crippen molar-refractivity contribution < 1.29 is 24.2 Å². The average Bonchev–Trinajstić information content (AvgIpc) is 3.53. The van der Waals surface area contributed by atoms with E-state index in [0.29, 0.717) is 19.6 Å². The molecule has 39 heavy (non-hydrogen) atoms. The third-order valence-corrected chi connectivity index (χ3v) is 8.19. The number of ether oxygens (including phenoxy) is 2. The van der Waals surface area contributed by atoms with Gasteiger partial charge in [0.1, 0.15) is 17.9 Å². The summed E-state index contributed by atoms with van der Waals surface area (Å²) in [5.41, 5.74) is 2.66. The van der Waals surface area contributed by atoms with Gasteiger partial charge in [-0.2, -0.15) is 0 Å². The second kappa shape index (κ2) is 11.3. The monoisotopic (exact) mass is 536 g/mol. The Morgan fingerprint density at radius 1 is 1.08 bits per heavy atom. The molecule has 0 aliphatic carbocycles. The van der Waals surface area contributed by atoms with Gasteiger partial charge in [0.25, 0.3) is 5.91 Å². The highest BCUT2D eigenvalue weighted by molar-refractivity contribution is 5.88. The standard InChI is InChI=1S/C32H44N2O5/c1-31(2,3)22-15-16-23(38-7)21(18-22)19-33-26-25(32(4,5)6)28(30(36)37)34(29(35)24-14-11-17-39-24)27(26)20-12-9-8-10-13-20/h8-10,12-13,15-16,18,24-28,33H,11,14,17,19H2,1-7H3,(H,36,37)/t24-,25+,26+,27+,28+/m1/s1. The van der Waals surface area contributed by atoms with E-state index in [9.17, 15) is 14.7 Å². The fourth-order valence-corrected chi connectivity index (χ4v) is 6.28. The summed E-state index contributed by atoms with van der Waals surface area (Å²) in [6, 6.07) is 14.3. The maximum absolute atomic E-state index is 14.0. The number of carbonyl (C=O) groups is 2. The van der Waals surface area contributed by atoms with Gasteiger partial charge in [-0.3, -0.25) is 4.79 Å². The highest BCUT2D eigenvalue weighted by atomic mass is 16.5. The van der Waals surface area contributed by atoms with Crippen molar-refractivity contribution in [1.82, 2.24) is 10.2 Å². The molecule has 0 unspecified atom stereocenters. The summed E-state index contributed by atoms with van der Waals surface area (Å²) in [5.74, 6) is -0.806. The largest absolute Gasteiger partial charge is 0.496 e. The number of amides is 1. The number of methoxy groups -OCH3 is 1. The van der Waals surface area contributed by atoms with E-state index in [2.05, 4.69) is 59.0 Å². The minimum atomic E-state index is -0.993. The van der Waals surface area contributed by atoms with Gasteiger partial charge in [-0.1, -0.05) is 84.0 Å². The fraction of sp³-hybridized carbons (Fsp3) is 0.562. The Labute approximate surface area is 232 Å². The highest BCUT2D eigenvalue weighted by Crippen LogP contribution is 2.49. The van der Waals surface area contributed by atoms with Crippen LogP contribution in [-0.2, 0) is 26.3 Å². The maximum Gasteiger partial charge on any atom is 0.326 e. The van der Waals surface area contributed by atoms with Gasteiger partial charge in [-0.15, -0.1) is 0 Å². The summed E-state index contributed by atoms with van der Waals surface area (Å²) >= 11 is 0. The molecule has 2 heterocycles. The molecule has 7 heteroatoms. The molecule has 2 aromatic rings. The van der Waals surface area contributed by atoms with Crippen LogP contribution in [0.15, 0.2) is 48.5 Å². The molecule has 2 saturated heterocycles. The van der Waals surface area contributed by atoms with E-state index in [1.54, 1.807) is 12.0 Å². The van der Waals surface area contributed by atoms with Crippen molar-refractivity contribution in [2.45, 2.75) is 90.6 Å². The second-order valence-electron chi connectivity index (χ2n) is 13.0. The van der Waals surface area contributed by atoms with Crippen LogP contribution in [-0.4, -0.2) is 53.8 Å². The van der Waals surface area contributed by atoms with Crippen molar-refractivity contribution in [1.29, 1.82) is 0 Å². The van der Waals surface area contributed by atoms with Crippen LogP contribution in [0.25, 0.3) is 0 Å². The van der Waals surface area contributed by atoms with Crippen molar-refractivity contribution in [3.63, 3.8) is 0 Å². The summed E-state index contributed by atoms with van der Waals surface area (Å²) in [4.78, 5) is 28.6. The second-order valence-corrected chi connectivity index (χ2v) is 13.0. The molecule has 2 aliphatic rings. The summed E-state index contributed by atoms with van der Waals surface area (Å²) in [7, 11) is 1.67. The molecule has 0 saturated carbocycles. The lowest BCUT2D eigenvalue weighted by atomic mass is 9.72. The van der Waals surface area contributed by atoms with Crippen molar-refractivity contribution in [3.05, 3.63) is 65.2 Å². The summed E-state index contributed by atoms with van der Waals surface area (Å²) in [6.07, 6.45) is 0.797. The van der Waals surface area contributed by atoms with Gasteiger partial charge in [-0.25, -0.2) is 4.79 Å². The van der Waals surface area contributed by atoms with E-state index in [-0.39, 0.29) is 23.3 Å². The van der Waals surface area contributed by atoms with Gasteiger partial charge in [0.15, 0.2) is 0 Å². The van der Waals surface area contributed by atoms with Crippen LogP contribution in [0.4, 0.5) is 0 Å². The molecule has 0 bridgehead atoms. The lowest BCUT2D eigenvalue weighted by Crippen LogP contribution is -2.50. The molecule has 0 aromatic heterocycles. The Morgan fingerprint density at radius 3 is 2.31 bits per heavy atom. The van der Waals surface area contributed by atoms with E-state index in [0.717, 1.165) is 23.3 Å². The normalized spacial score (nSPS) is 25.6. The number of hydrogen-bond acceptors (Lipinski definition) is 5. The first-order valence-electron chi connectivity index (χ1n) is 14.0. The van der Waals surface area contributed by atoms with Gasteiger partial charge in [0.2, 0.25) is 0 Å². The number of carboxylic acids is 1. The maximum atomic E-state index is 14.0. The zero-order chi connectivity index (χ0) is 28.5. The van der Waals surface area contributed by atoms with Crippen molar-refractivity contribution >= 4 is 11.9 Å². The van der Waals surface area contributed by atoms with Crippen LogP contribution >= 0.6 is 0 Å². The zero-order valence-electron chi connectivity index (χ0n) is 24.4. The number of hydrogen-bond donors (Lipinski definition) is 2. The van der Waals surface area contributed by atoms with Crippen molar-refractivity contribution in [3.8, 4) is 5.75 Å². The number of benzene rings is 2. The fourth-order valence-electron chi connectivity index (χ4n) is 6.28. The smallest absolute Gasteiger partial charge is 0.326 e. The molecule has 5 atom stereocenters. The van der Waals surface area contributed by atoms with Crippen LogP contribution in [0.3, 0.4) is 0 Å². The Balaban J connectivity index is 1.81. The van der Waals surface area contributed by atoms with Crippen LogP contribution in [0, 0.1) is 11.3 Å². The number of nitrogens with one attached hydrogen (secondary N) is 1. The number of rotatable bonds is 7. The third kappa shape index (κ3) is 5.99. The van der Waals surface area contributed by atoms with Gasteiger partial charge < -0.3 is 24.8 Å². The first-order valence-corrected chi connectivity index (χ1v) is 14.0. The SMILES string of the molecule is COc1ccc(C(C)(C)C)cc1CN[C@H]1[C@H](C(C)(C)C)[C@@H](C(=O)O)N(C(=O)[C@H]2CCCO2)[C@H]1c1ccccc1. The molecule has 2 fully saturated rings. The van der Waals surface area contributed by atoms with Gasteiger partial charge in [0, 0.05) is 30.7 Å². The predicted molar refractivity (Wildman–Crippen MR) is 152 cm³/mol. The lowest BCUT2D eigenvalue weighted by Gasteiger charge is -2.35. The molecule has 0 spiro atoms. The number of likely N-dealkylation sites (tertiary alicyclic amines) is 1. The summed E-state index contributed by atoms with van der Waals surface area (Å²) in [5, 5.41) is 14.3. The summed E-state index contributed by atoms with van der Waals surface area (Å²) < 4.78 is 11.5. The Bertz CT molecular complexity index is 1160. The third-order valence-electron chi connectivity index (χ3n) is 8.19.